The number of hydrogen-bond acceptors (Lipinski definition) is 4. The Balaban J connectivity index is 1.64. The zero-order chi connectivity index (χ0) is 15.4. The molecule has 0 spiro atoms. The summed E-state index contributed by atoms with van der Waals surface area (Å²) in [7, 11) is 0. The fourth-order valence-corrected chi connectivity index (χ4v) is 3.08. The highest BCUT2D eigenvalue weighted by molar-refractivity contribution is 5.28. The lowest BCUT2D eigenvalue weighted by molar-refractivity contribution is 0.217. The van der Waals surface area contributed by atoms with Gasteiger partial charge in [0, 0.05) is 12.6 Å². The van der Waals surface area contributed by atoms with Crippen molar-refractivity contribution in [3.05, 3.63) is 42.5 Å². The molecule has 1 aromatic heterocycles. The van der Waals surface area contributed by atoms with Gasteiger partial charge < -0.3 is 4.74 Å². The van der Waals surface area contributed by atoms with E-state index in [9.17, 15) is 0 Å². The Bertz CT molecular complexity index is 582. The first-order chi connectivity index (χ1) is 10.7. The third kappa shape index (κ3) is 3.85. The molecule has 118 valence electrons. The summed E-state index contributed by atoms with van der Waals surface area (Å²) in [5, 5.41) is 4.23. The standard InChI is InChI=1S/C17H24N4O/c1-14(2)22-17-7-3-5-15(9-17)10-20-8-4-6-16(20)11-21-13-18-12-19-21/h3,5,7,9,12-14,16H,4,6,8,10-11H2,1-2H3/t16-/m0/s1. The molecule has 5 heteroatoms. The Morgan fingerprint density at radius 3 is 3.05 bits per heavy atom. The maximum Gasteiger partial charge on any atom is 0.137 e. The second-order valence-electron chi connectivity index (χ2n) is 6.20. The average Bonchev–Trinajstić information content (AvgIpc) is 3.12. The van der Waals surface area contributed by atoms with Crippen molar-refractivity contribution in [2.24, 2.45) is 0 Å². The fourth-order valence-electron chi connectivity index (χ4n) is 3.08. The number of rotatable bonds is 6. The van der Waals surface area contributed by atoms with Gasteiger partial charge in [0.2, 0.25) is 0 Å². The first kappa shape index (κ1) is 15.0. The third-order valence-corrected chi connectivity index (χ3v) is 4.02. The molecule has 1 atom stereocenters. The zero-order valence-electron chi connectivity index (χ0n) is 13.4. The Hall–Kier alpha value is -1.88. The van der Waals surface area contributed by atoms with Gasteiger partial charge in [-0.25, -0.2) is 4.98 Å². The number of nitrogens with zero attached hydrogens (tertiary/aromatic N) is 4. The summed E-state index contributed by atoms with van der Waals surface area (Å²) in [6.45, 7) is 7.15. The van der Waals surface area contributed by atoms with Crippen molar-refractivity contribution in [2.45, 2.75) is 51.9 Å². The van der Waals surface area contributed by atoms with Crippen molar-refractivity contribution in [3.63, 3.8) is 0 Å². The van der Waals surface area contributed by atoms with E-state index in [1.165, 1.54) is 18.4 Å². The normalized spacial score (nSPS) is 19.0. The molecule has 0 N–H and O–H groups in total. The summed E-state index contributed by atoms with van der Waals surface area (Å²) >= 11 is 0. The molecule has 0 saturated carbocycles. The fraction of sp³-hybridized carbons (Fsp3) is 0.529. The van der Waals surface area contributed by atoms with Gasteiger partial charge in [-0.05, 0) is 50.9 Å². The number of likely N-dealkylation sites (tertiary alicyclic amines) is 1. The van der Waals surface area contributed by atoms with Gasteiger partial charge in [0.05, 0.1) is 12.6 Å². The molecule has 0 unspecified atom stereocenters. The monoisotopic (exact) mass is 300 g/mol. The van der Waals surface area contributed by atoms with E-state index in [1.807, 2.05) is 10.7 Å². The van der Waals surface area contributed by atoms with Crippen LogP contribution in [0.4, 0.5) is 0 Å². The molecule has 0 aliphatic carbocycles. The third-order valence-electron chi connectivity index (χ3n) is 4.02. The summed E-state index contributed by atoms with van der Waals surface area (Å²) in [4.78, 5) is 6.57. The van der Waals surface area contributed by atoms with Gasteiger partial charge in [-0.15, -0.1) is 0 Å². The van der Waals surface area contributed by atoms with Crippen molar-refractivity contribution in [3.8, 4) is 5.75 Å². The lowest BCUT2D eigenvalue weighted by Gasteiger charge is -2.24. The molecule has 1 aliphatic rings. The number of hydrogen-bond donors (Lipinski definition) is 0. The van der Waals surface area contributed by atoms with Crippen molar-refractivity contribution >= 4 is 0 Å². The summed E-state index contributed by atoms with van der Waals surface area (Å²) in [5.41, 5.74) is 1.31. The largest absolute Gasteiger partial charge is 0.491 e. The predicted octanol–water partition coefficient (Wildman–Crippen LogP) is 2.73. The van der Waals surface area contributed by atoms with E-state index in [2.05, 4.69) is 47.0 Å². The molecule has 2 heterocycles. The number of aromatic nitrogens is 3. The zero-order valence-corrected chi connectivity index (χ0v) is 13.4. The van der Waals surface area contributed by atoms with Crippen LogP contribution in [0.15, 0.2) is 36.9 Å². The molecule has 3 rings (SSSR count). The molecule has 0 amide bonds. The van der Waals surface area contributed by atoms with E-state index in [0.29, 0.717) is 6.04 Å². The van der Waals surface area contributed by atoms with Crippen LogP contribution in [0.3, 0.4) is 0 Å². The van der Waals surface area contributed by atoms with Crippen LogP contribution in [-0.4, -0.2) is 38.4 Å². The molecule has 0 radical (unpaired) electrons. The predicted molar refractivity (Wildman–Crippen MR) is 85.7 cm³/mol. The first-order valence-electron chi connectivity index (χ1n) is 8.03. The molecule has 2 aromatic rings. The molecule has 1 saturated heterocycles. The lowest BCUT2D eigenvalue weighted by Crippen LogP contribution is -2.32. The maximum absolute atomic E-state index is 5.79. The van der Waals surface area contributed by atoms with E-state index >= 15 is 0 Å². The molecule has 1 aromatic carbocycles. The van der Waals surface area contributed by atoms with Gasteiger partial charge in [-0.1, -0.05) is 12.1 Å². The molecule has 22 heavy (non-hydrogen) atoms. The summed E-state index contributed by atoms with van der Waals surface area (Å²) in [6.07, 6.45) is 6.09. The van der Waals surface area contributed by atoms with Crippen LogP contribution in [0.5, 0.6) is 5.75 Å². The minimum atomic E-state index is 0.210. The topological polar surface area (TPSA) is 43.2 Å². The van der Waals surface area contributed by atoms with Crippen LogP contribution in [0.25, 0.3) is 0 Å². The van der Waals surface area contributed by atoms with Crippen LogP contribution in [0, 0.1) is 0 Å². The molecule has 0 bridgehead atoms. The van der Waals surface area contributed by atoms with Gasteiger partial charge >= 0.3 is 0 Å². The Labute approximate surface area is 131 Å². The lowest BCUT2D eigenvalue weighted by atomic mass is 10.1. The number of benzene rings is 1. The van der Waals surface area contributed by atoms with Gasteiger partial charge in [0.25, 0.3) is 0 Å². The summed E-state index contributed by atoms with van der Waals surface area (Å²) in [5.74, 6) is 0.958. The molecule has 5 nitrogen and oxygen atoms in total. The maximum atomic E-state index is 5.79. The van der Waals surface area contributed by atoms with E-state index in [1.54, 1.807) is 12.7 Å². The van der Waals surface area contributed by atoms with Crippen molar-refractivity contribution in [1.82, 2.24) is 19.7 Å². The molecular formula is C17H24N4O. The van der Waals surface area contributed by atoms with Crippen molar-refractivity contribution < 1.29 is 4.74 Å². The Morgan fingerprint density at radius 1 is 1.36 bits per heavy atom. The SMILES string of the molecule is CC(C)Oc1cccc(CN2CCC[C@H]2Cn2cncn2)c1. The highest BCUT2D eigenvalue weighted by atomic mass is 16.5. The van der Waals surface area contributed by atoms with E-state index in [0.717, 1.165) is 25.4 Å². The van der Waals surface area contributed by atoms with Crippen molar-refractivity contribution in [2.75, 3.05) is 6.54 Å². The first-order valence-corrected chi connectivity index (χ1v) is 8.03. The van der Waals surface area contributed by atoms with Crippen LogP contribution in [-0.2, 0) is 13.1 Å². The minimum absolute atomic E-state index is 0.210. The smallest absolute Gasteiger partial charge is 0.137 e. The van der Waals surface area contributed by atoms with Gasteiger partial charge in [0.1, 0.15) is 18.4 Å². The Morgan fingerprint density at radius 2 is 2.27 bits per heavy atom. The number of ether oxygens (including phenoxy) is 1. The second kappa shape index (κ2) is 6.92. The van der Waals surface area contributed by atoms with Gasteiger partial charge in [-0.3, -0.25) is 9.58 Å². The van der Waals surface area contributed by atoms with Gasteiger partial charge in [-0.2, -0.15) is 5.10 Å². The quantitative estimate of drug-likeness (QED) is 0.823. The van der Waals surface area contributed by atoms with Crippen LogP contribution < -0.4 is 4.74 Å². The van der Waals surface area contributed by atoms with E-state index in [-0.39, 0.29) is 6.10 Å². The summed E-state index contributed by atoms with van der Waals surface area (Å²) in [6, 6.07) is 8.98. The van der Waals surface area contributed by atoms with Crippen LogP contribution in [0.2, 0.25) is 0 Å². The molecular weight excluding hydrogens is 276 g/mol. The second-order valence-corrected chi connectivity index (χ2v) is 6.20. The van der Waals surface area contributed by atoms with Crippen molar-refractivity contribution in [1.29, 1.82) is 0 Å². The van der Waals surface area contributed by atoms with Crippen LogP contribution in [0.1, 0.15) is 32.3 Å². The summed E-state index contributed by atoms with van der Waals surface area (Å²) < 4.78 is 7.72. The Kier molecular flexibility index (Phi) is 4.73. The van der Waals surface area contributed by atoms with Gasteiger partial charge in [0.15, 0.2) is 0 Å². The van der Waals surface area contributed by atoms with Crippen LogP contribution >= 0.6 is 0 Å². The highest BCUT2D eigenvalue weighted by Gasteiger charge is 2.25. The molecule has 1 aliphatic heterocycles. The molecule has 1 fully saturated rings. The average molecular weight is 300 g/mol. The van der Waals surface area contributed by atoms with E-state index < -0.39 is 0 Å². The minimum Gasteiger partial charge on any atom is -0.491 e. The highest BCUT2D eigenvalue weighted by Crippen LogP contribution is 2.23. The van der Waals surface area contributed by atoms with E-state index in [4.69, 9.17) is 4.74 Å².